The number of nitrogens with one attached hydrogen (secondary N) is 1. The van der Waals surface area contributed by atoms with Gasteiger partial charge in [0.2, 0.25) is 0 Å². The van der Waals surface area contributed by atoms with Crippen LogP contribution in [-0.4, -0.2) is 21.7 Å². The SMILES string of the molecule is O=C1N=C(c2c(Cl)c(Cl)c(Cl)c(Cl)c2Cl)c2c(O)[nH]c(-c3ccccc3)c21. The number of aromatic nitrogens is 1. The number of hydrogen-bond acceptors (Lipinski definition) is 2. The van der Waals surface area contributed by atoms with Gasteiger partial charge in [0.25, 0.3) is 5.91 Å². The van der Waals surface area contributed by atoms with Gasteiger partial charge in [-0.1, -0.05) is 88.3 Å². The standard InChI is InChI=1S/C18H7Cl5N2O2/c19-10-9(11(20)13(22)14(23)12(10)21)16-8-7(17(26)25-16)15(24-18(8)27)6-4-2-1-3-5-6/h1-5,24,27H. The summed E-state index contributed by atoms with van der Waals surface area (Å²) in [6, 6.07) is 9.06. The molecule has 4 rings (SSSR count). The highest BCUT2D eigenvalue weighted by atomic mass is 35.5. The Balaban J connectivity index is 1.99. The molecule has 1 aliphatic rings. The van der Waals surface area contributed by atoms with E-state index in [1.807, 2.05) is 18.2 Å². The van der Waals surface area contributed by atoms with Crippen LogP contribution < -0.4 is 0 Å². The van der Waals surface area contributed by atoms with Gasteiger partial charge in [-0.2, -0.15) is 0 Å². The third-order valence-electron chi connectivity index (χ3n) is 4.15. The van der Waals surface area contributed by atoms with Gasteiger partial charge in [-0.25, -0.2) is 4.99 Å². The third kappa shape index (κ3) is 2.75. The number of amides is 1. The zero-order valence-corrected chi connectivity index (χ0v) is 16.9. The molecule has 0 aliphatic carbocycles. The summed E-state index contributed by atoms with van der Waals surface area (Å²) in [5.41, 5.74) is 1.73. The summed E-state index contributed by atoms with van der Waals surface area (Å²) in [5, 5.41) is 10.4. The lowest BCUT2D eigenvalue weighted by molar-refractivity contribution is 0.101. The largest absolute Gasteiger partial charge is 0.494 e. The molecule has 0 bridgehead atoms. The number of aliphatic imine (C=N–C) groups is 1. The fraction of sp³-hybridized carbons (Fsp3) is 0. The van der Waals surface area contributed by atoms with Crippen molar-refractivity contribution in [2.75, 3.05) is 0 Å². The summed E-state index contributed by atoms with van der Waals surface area (Å²) in [6.07, 6.45) is 0. The second-order valence-electron chi connectivity index (χ2n) is 5.68. The van der Waals surface area contributed by atoms with Gasteiger partial charge in [0.15, 0.2) is 5.88 Å². The Kier molecular flexibility index (Phi) is 4.65. The molecule has 0 fully saturated rings. The maximum atomic E-state index is 12.6. The molecule has 1 aliphatic heterocycles. The van der Waals surface area contributed by atoms with Crippen molar-refractivity contribution in [3.8, 4) is 17.1 Å². The molecule has 0 unspecified atom stereocenters. The van der Waals surface area contributed by atoms with Crippen LogP contribution in [0.25, 0.3) is 11.3 Å². The van der Waals surface area contributed by atoms with Crippen LogP contribution in [0.5, 0.6) is 5.88 Å². The second-order valence-corrected chi connectivity index (χ2v) is 7.56. The second kappa shape index (κ2) is 6.73. The molecule has 27 heavy (non-hydrogen) atoms. The van der Waals surface area contributed by atoms with E-state index in [-0.39, 0.29) is 53.4 Å². The molecule has 3 aromatic rings. The summed E-state index contributed by atoms with van der Waals surface area (Å²) in [4.78, 5) is 19.5. The molecule has 2 aromatic carbocycles. The number of benzene rings is 2. The highest BCUT2D eigenvalue weighted by molar-refractivity contribution is 6.57. The summed E-state index contributed by atoms with van der Waals surface area (Å²) in [6.45, 7) is 0. The zero-order valence-electron chi connectivity index (χ0n) is 13.1. The van der Waals surface area contributed by atoms with E-state index in [4.69, 9.17) is 58.0 Å². The lowest BCUT2D eigenvalue weighted by Crippen LogP contribution is -2.03. The van der Waals surface area contributed by atoms with Crippen LogP contribution >= 0.6 is 58.0 Å². The van der Waals surface area contributed by atoms with Gasteiger partial charge in [0, 0.05) is 5.56 Å². The Hall–Kier alpha value is -1.69. The number of nitrogens with zero attached hydrogens (tertiary/aromatic N) is 1. The first-order valence-corrected chi connectivity index (χ1v) is 9.37. The summed E-state index contributed by atoms with van der Waals surface area (Å²) >= 11 is 30.9. The minimum atomic E-state index is -0.551. The Morgan fingerprint density at radius 3 is 1.93 bits per heavy atom. The van der Waals surface area contributed by atoms with E-state index in [1.54, 1.807) is 12.1 Å². The van der Waals surface area contributed by atoms with E-state index >= 15 is 0 Å². The molecule has 136 valence electrons. The molecule has 0 saturated carbocycles. The van der Waals surface area contributed by atoms with Crippen molar-refractivity contribution in [3.05, 3.63) is 72.1 Å². The molecule has 1 amide bonds. The van der Waals surface area contributed by atoms with E-state index in [2.05, 4.69) is 9.98 Å². The molecule has 0 atom stereocenters. The molecular formula is C18H7Cl5N2O2. The van der Waals surface area contributed by atoms with Crippen molar-refractivity contribution in [2.24, 2.45) is 4.99 Å². The van der Waals surface area contributed by atoms with E-state index in [9.17, 15) is 9.90 Å². The average molecular weight is 461 g/mol. The molecule has 0 spiro atoms. The van der Waals surface area contributed by atoms with Crippen molar-refractivity contribution in [1.82, 2.24) is 4.98 Å². The number of aromatic amines is 1. The van der Waals surface area contributed by atoms with E-state index in [1.165, 1.54) is 0 Å². The first kappa shape index (κ1) is 18.7. The maximum absolute atomic E-state index is 12.6. The van der Waals surface area contributed by atoms with E-state index < -0.39 is 5.91 Å². The van der Waals surface area contributed by atoms with E-state index in [0.717, 1.165) is 0 Å². The van der Waals surface area contributed by atoms with Crippen LogP contribution in [0.4, 0.5) is 0 Å². The van der Waals surface area contributed by atoms with Crippen molar-refractivity contribution in [3.63, 3.8) is 0 Å². The van der Waals surface area contributed by atoms with Crippen molar-refractivity contribution in [1.29, 1.82) is 0 Å². The summed E-state index contributed by atoms with van der Waals surface area (Å²) in [5.74, 6) is -0.799. The van der Waals surface area contributed by atoms with Gasteiger partial charge in [0.05, 0.1) is 47.6 Å². The van der Waals surface area contributed by atoms with Crippen molar-refractivity contribution >= 4 is 69.6 Å². The average Bonchev–Trinajstić information content (AvgIpc) is 3.18. The molecular weight excluding hydrogens is 453 g/mol. The first-order chi connectivity index (χ1) is 12.8. The van der Waals surface area contributed by atoms with Gasteiger partial charge < -0.3 is 10.1 Å². The highest BCUT2D eigenvalue weighted by Gasteiger charge is 2.36. The number of aromatic hydroxyl groups is 1. The number of hydrogen-bond donors (Lipinski definition) is 2. The highest BCUT2D eigenvalue weighted by Crippen LogP contribution is 2.47. The molecule has 4 nitrogen and oxygen atoms in total. The van der Waals surface area contributed by atoms with Gasteiger partial charge in [-0.05, 0) is 5.56 Å². The Labute approximate surface area is 178 Å². The Morgan fingerprint density at radius 1 is 0.778 bits per heavy atom. The van der Waals surface area contributed by atoms with Crippen molar-refractivity contribution in [2.45, 2.75) is 0 Å². The molecule has 2 N–H and O–H groups in total. The fourth-order valence-electron chi connectivity index (χ4n) is 2.96. The minimum absolute atomic E-state index is 0.00880. The van der Waals surface area contributed by atoms with Crippen LogP contribution in [0.3, 0.4) is 0 Å². The van der Waals surface area contributed by atoms with Crippen LogP contribution in [0.15, 0.2) is 35.3 Å². The van der Waals surface area contributed by atoms with Crippen LogP contribution in [0.1, 0.15) is 21.5 Å². The third-order valence-corrected chi connectivity index (χ3v) is 6.43. The number of halogens is 5. The van der Waals surface area contributed by atoms with Crippen LogP contribution in [0, 0.1) is 0 Å². The van der Waals surface area contributed by atoms with Gasteiger partial charge in [-0.3, -0.25) is 4.79 Å². The number of H-pyrrole nitrogens is 1. The predicted octanol–water partition coefficient (Wildman–Crippen LogP) is 6.65. The minimum Gasteiger partial charge on any atom is -0.494 e. The molecule has 1 aromatic heterocycles. The normalized spacial score (nSPS) is 13.1. The quantitative estimate of drug-likeness (QED) is 0.332. The lowest BCUT2D eigenvalue weighted by Gasteiger charge is -2.12. The fourth-order valence-corrected chi connectivity index (χ4v) is 4.28. The van der Waals surface area contributed by atoms with E-state index in [0.29, 0.717) is 11.3 Å². The zero-order chi connectivity index (χ0) is 19.5. The van der Waals surface area contributed by atoms with Gasteiger partial charge in [-0.15, -0.1) is 0 Å². The van der Waals surface area contributed by atoms with Gasteiger partial charge in [0.1, 0.15) is 0 Å². The number of carbonyl (C=O) groups is 1. The van der Waals surface area contributed by atoms with Crippen LogP contribution in [-0.2, 0) is 0 Å². The van der Waals surface area contributed by atoms with Crippen LogP contribution in [0.2, 0.25) is 25.1 Å². The number of carbonyl (C=O) groups excluding carboxylic acids is 1. The molecule has 2 heterocycles. The number of rotatable bonds is 2. The van der Waals surface area contributed by atoms with Crippen molar-refractivity contribution < 1.29 is 9.90 Å². The molecule has 0 radical (unpaired) electrons. The topological polar surface area (TPSA) is 65.4 Å². The number of fused-ring (bicyclic) bond motifs is 1. The lowest BCUT2D eigenvalue weighted by atomic mass is 10.00. The molecule has 0 saturated heterocycles. The Morgan fingerprint density at radius 2 is 1.33 bits per heavy atom. The Bertz CT molecular complexity index is 1120. The molecule has 9 heteroatoms. The first-order valence-electron chi connectivity index (χ1n) is 7.48. The summed E-state index contributed by atoms with van der Waals surface area (Å²) in [7, 11) is 0. The maximum Gasteiger partial charge on any atom is 0.280 e. The monoisotopic (exact) mass is 458 g/mol. The van der Waals surface area contributed by atoms with Gasteiger partial charge >= 0.3 is 0 Å². The summed E-state index contributed by atoms with van der Waals surface area (Å²) < 4.78 is 0. The smallest absolute Gasteiger partial charge is 0.280 e. The predicted molar refractivity (Wildman–Crippen MR) is 109 cm³/mol.